The predicted octanol–water partition coefficient (Wildman–Crippen LogP) is 3.78. The quantitative estimate of drug-likeness (QED) is 0.929. The van der Waals surface area contributed by atoms with Gasteiger partial charge in [-0.3, -0.25) is 0 Å². The number of aromatic nitrogens is 1. The molecule has 0 spiro atoms. The minimum absolute atomic E-state index is 0.181. The smallest absolute Gasteiger partial charge is 0.315 e. The molecule has 0 aliphatic carbocycles. The van der Waals surface area contributed by atoms with Crippen LogP contribution >= 0.6 is 11.3 Å². The first-order valence-corrected chi connectivity index (χ1v) is 6.97. The Hall–Kier alpha value is -1.40. The molecule has 0 amide bonds. The molecule has 0 bridgehead atoms. The van der Waals surface area contributed by atoms with Gasteiger partial charge in [-0.15, -0.1) is 11.3 Å². The van der Waals surface area contributed by atoms with Gasteiger partial charge in [0, 0.05) is 13.0 Å². The van der Waals surface area contributed by atoms with Gasteiger partial charge in [-0.05, 0) is 19.5 Å². The lowest BCUT2D eigenvalue weighted by Gasteiger charge is -2.04. The van der Waals surface area contributed by atoms with Gasteiger partial charge in [0.25, 0.3) is 0 Å². The van der Waals surface area contributed by atoms with Crippen molar-refractivity contribution in [2.75, 3.05) is 7.05 Å². The van der Waals surface area contributed by atoms with Crippen molar-refractivity contribution in [1.29, 1.82) is 0 Å². The number of nitrogens with one attached hydrogen (secondary N) is 1. The molecule has 1 N–H and O–H groups in total. The molecule has 0 unspecified atom stereocenters. The highest BCUT2D eigenvalue weighted by molar-refractivity contribution is 7.11. The van der Waals surface area contributed by atoms with E-state index in [1.807, 2.05) is 31.2 Å². The van der Waals surface area contributed by atoms with Crippen LogP contribution in [0.2, 0.25) is 0 Å². The van der Waals surface area contributed by atoms with Gasteiger partial charge < -0.3 is 5.32 Å². The normalized spacial score (nSPS) is 11.8. The summed E-state index contributed by atoms with van der Waals surface area (Å²) in [4.78, 5) is 4.02. The number of hydrogen-bond acceptors (Lipinski definition) is 3. The Morgan fingerprint density at radius 1 is 1.30 bits per heavy atom. The van der Waals surface area contributed by atoms with Crippen LogP contribution < -0.4 is 5.32 Å². The third kappa shape index (κ3) is 3.58. The number of alkyl halides is 3. The molecule has 0 saturated carbocycles. The van der Waals surface area contributed by atoms with Crippen LogP contribution in [0, 0.1) is 6.92 Å². The maximum absolute atomic E-state index is 12.9. The van der Waals surface area contributed by atoms with Crippen LogP contribution in [0.1, 0.15) is 26.7 Å². The van der Waals surface area contributed by atoms with Crippen LogP contribution in [-0.4, -0.2) is 12.0 Å². The molecule has 2 aromatic rings. The average molecular weight is 300 g/mol. The van der Waals surface area contributed by atoms with Crippen LogP contribution in [-0.2, 0) is 19.1 Å². The molecule has 0 aliphatic rings. The van der Waals surface area contributed by atoms with Gasteiger partial charge >= 0.3 is 6.18 Å². The number of halogens is 3. The van der Waals surface area contributed by atoms with E-state index in [1.54, 1.807) is 7.05 Å². The summed E-state index contributed by atoms with van der Waals surface area (Å²) < 4.78 is 38.7. The van der Waals surface area contributed by atoms with Crippen LogP contribution in [0.15, 0.2) is 24.3 Å². The summed E-state index contributed by atoms with van der Waals surface area (Å²) in [5.41, 5.74) is 1.30. The number of nitrogens with zero attached hydrogens (tertiary/aromatic N) is 1. The van der Waals surface area contributed by atoms with Crippen molar-refractivity contribution in [3.8, 4) is 0 Å². The topological polar surface area (TPSA) is 24.9 Å². The first-order valence-electron chi connectivity index (χ1n) is 6.16. The molecule has 2 nitrogen and oxygen atoms in total. The van der Waals surface area contributed by atoms with E-state index in [9.17, 15) is 13.2 Å². The van der Waals surface area contributed by atoms with Crippen molar-refractivity contribution >= 4 is 11.3 Å². The fourth-order valence-corrected chi connectivity index (χ4v) is 3.11. The maximum atomic E-state index is 12.9. The third-order valence-corrected chi connectivity index (χ3v) is 3.84. The monoisotopic (exact) mass is 300 g/mol. The number of rotatable bonds is 4. The van der Waals surface area contributed by atoms with Crippen molar-refractivity contribution in [1.82, 2.24) is 10.3 Å². The fourth-order valence-electron chi connectivity index (χ4n) is 1.97. The van der Waals surface area contributed by atoms with E-state index in [-0.39, 0.29) is 11.4 Å². The lowest BCUT2D eigenvalue weighted by molar-refractivity contribution is -0.141. The summed E-state index contributed by atoms with van der Waals surface area (Å²) in [6, 6.07) is 7.72. The van der Waals surface area contributed by atoms with Crippen molar-refractivity contribution in [2.45, 2.75) is 26.1 Å². The summed E-state index contributed by atoms with van der Waals surface area (Å²) in [5, 5.41) is 3.25. The highest BCUT2D eigenvalue weighted by Gasteiger charge is 2.37. The van der Waals surface area contributed by atoms with E-state index in [1.165, 1.54) is 0 Å². The summed E-state index contributed by atoms with van der Waals surface area (Å²) in [6.07, 6.45) is -3.97. The standard InChI is InChI=1S/C14H15F3N2S/c1-9-4-3-5-10(6-9)7-12-19-13(14(15,16)17)11(20-12)8-18-2/h3-6,18H,7-8H2,1-2H3. The number of benzene rings is 1. The van der Waals surface area contributed by atoms with Crippen LogP contribution in [0.25, 0.3) is 0 Å². The molecule has 1 heterocycles. The first-order chi connectivity index (χ1) is 9.40. The second-order valence-corrected chi connectivity index (χ2v) is 5.74. The molecule has 0 saturated heterocycles. The summed E-state index contributed by atoms with van der Waals surface area (Å²) in [5.74, 6) is 0. The first kappa shape index (κ1) is 15.0. The molecular formula is C14H15F3N2S. The Kier molecular flexibility index (Phi) is 4.45. The molecule has 0 aliphatic heterocycles. The zero-order chi connectivity index (χ0) is 14.8. The lowest BCUT2D eigenvalue weighted by atomic mass is 10.1. The number of aryl methyl sites for hydroxylation is 1. The van der Waals surface area contributed by atoms with Gasteiger partial charge in [0.15, 0.2) is 5.69 Å². The molecule has 108 valence electrons. The molecule has 1 aromatic heterocycles. The molecule has 0 radical (unpaired) electrons. The maximum Gasteiger partial charge on any atom is 0.434 e. The Morgan fingerprint density at radius 3 is 2.65 bits per heavy atom. The Balaban J connectivity index is 2.29. The molecule has 0 atom stereocenters. The van der Waals surface area contributed by atoms with Crippen LogP contribution in [0.4, 0.5) is 13.2 Å². The van der Waals surface area contributed by atoms with Gasteiger partial charge in [0.2, 0.25) is 0 Å². The SMILES string of the molecule is CNCc1sc(Cc2cccc(C)c2)nc1C(F)(F)F. The molecule has 2 rings (SSSR count). The zero-order valence-electron chi connectivity index (χ0n) is 11.2. The summed E-state index contributed by atoms with van der Waals surface area (Å²) >= 11 is 1.12. The van der Waals surface area contributed by atoms with Crippen molar-refractivity contribution in [3.63, 3.8) is 0 Å². The van der Waals surface area contributed by atoms with E-state index in [0.717, 1.165) is 22.5 Å². The van der Waals surface area contributed by atoms with Crippen LogP contribution in [0.5, 0.6) is 0 Å². The Morgan fingerprint density at radius 2 is 2.05 bits per heavy atom. The Labute approximate surface area is 119 Å². The molecule has 6 heteroatoms. The lowest BCUT2D eigenvalue weighted by Crippen LogP contribution is -2.12. The van der Waals surface area contributed by atoms with Gasteiger partial charge in [-0.2, -0.15) is 13.2 Å². The fraction of sp³-hybridized carbons (Fsp3) is 0.357. The molecule has 20 heavy (non-hydrogen) atoms. The van der Waals surface area contributed by atoms with E-state index in [2.05, 4.69) is 10.3 Å². The third-order valence-electron chi connectivity index (χ3n) is 2.79. The highest BCUT2D eigenvalue weighted by atomic mass is 32.1. The van der Waals surface area contributed by atoms with E-state index >= 15 is 0 Å². The second kappa shape index (κ2) is 5.93. The van der Waals surface area contributed by atoms with Crippen molar-refractivity contribution < 1.29 is 13.2 Å². The van der Waals surface area contributed by atoms with E-state index in [4.69, 9.17) is 0 Å². The summed E-state index contributed by atoms with van der Waals surface area (Å²) in [7, 11) is 1.63. The Bertz CT molecular complexity index is 590. The van der Waals surface area contributed by atoms with Gasteiger partial charge in [0.05, 0.1) is 9.88 Å². The zero-order valence-corrected chi connectivity index (χ0v) is 12.0. The van der Waals surface area contributed by atoms with Crippen molar-refractivity contribution in [2.24, 2.45) is 0 Å². The van der Waals surface area contributed by atoms with Crippen molar-refractivity contribution in [3.05, 3.63) is 51.0 Å². The molecular weight excluding hydrogens is 285 g/mol. The van der Waals surface area contributed by atoms with Gasteiger partial charge in [-0.25, -0.2) is 4.98 Å². The average Bonchev–Trinajstić information content (AvgIpc) is 2.72. The van der Waals surface area contributed by atoms with E-state index < -0.39 is 11.9 Å². The highest BCUT2D eigenvalue weighted by Crippen LogP contribution is 2.34. The van der Waals surface area contributed by atoms with E-state index in [0.29, 0.717) is 11.4 Å². The number of thiazole rings is 1. The molecule has 1 aromatic carbocycles. The minimum Gasteiger partial charge on any atom is -0.315 e. The number of hydrogen-bond donors (Lipinski definition) is 1. The molecule has 0 fully saturated rings. The largest absolute Gasteiger partial charge is 0.434 e. The van der Waals surface area contributed by atoms with Gasteiger partial charge in [-0.1, -0.05) is 29.8 Å². The second-order valence-electron chi connectivity index (χ2n) is 4.57. The summed E-state index contributed by atoms with van der Waals surface area (Å²) in [6.45, 7) is 2.14. The minimum atomic E-state index is -4.40. The van der Waals surface area contributed by atoms with Crippen LogP contribution in [0.3, 0.4) is 0 Å². The van der Waals surface area contributed by atoms with Gasteiger partial charge in [0.1, 0.15) is 0 Å². The predicted molar refractivity (Wildman–Crippen MR) is 73.9 cm³/mol.